The first kappa shape index (κ1) is 18.9. The zero-order chi connectivity index (χ0) is 17.6. The lowest BCUT2D eigenvalue weighted by atomic mass is 9.64. The Bertz CT molecular complexity index is 436. The molecule has 136 valence electrons. The molecule has 1 saturated carbocycles. The van der Waals surface area contributed by atoms with Gasteiger partial charge in [-0.1, -0.05) is 0 Å². The van der Waals surface area contributed by atoms with Gasteiger partial charge in [-0.05, 0) is 57.5 Å². The van der Waals surface area contributed by atoms with E-state index >= 15 is 0 Å². The Labute approximate surface area is 144 Å². The van der Waals surface area contributed by atoms with Crippen molar-refractivity contribution in [3.8, 4) is 0 Å². The zero-order valence-electron chi connectivity index (χ0n) is 14.7. The number of piperidine rings is 1. The van der Waals surface area contributed by atoms with Crippen molar-refractivity contribution < 1.29 is 9.53 Å². The number of amides is 1. The molecular formula is C17H31N5O2. The maximum atomic E-state index is 11.8. The number of nitrogens with one attached hydrogen (secondary N) is 2. The monoisotopic (exact) mass is 337 g/mol. The fourth-order valence-electron chi connectivity index (χ4n) is 4.12. The van der Waals surface area contributed by atoms with Gasteiger partial charge in [0.15, 0.2) is 0 Å². The van der Waals surface area contributed by atoms with E-state index in [9.17, 15) is 4.79 Å². The lowest BCUT2D eigenvalue weighted by Crippen LogP contribution is -2.55. The van der Waals surface area contributed by atoms with Gasteiger partial charge in [-0.25, -0.2) is 4.79 Å². The second-order valence-corrected chi connectivity index (χ2v) is 7.14. The molecule has 3 rings (SSSR count). The molecule has 0 bridgehead atoms. The predicted octanol–water partition coefficient (Wildman–Crippen LogP) is 1.71. The summed E-state index contributed by atoms with van der Waals surface area (Å²) in [6, 6.07) is 1.13. The summed E-state index contributed by atoms with van der Waals surface area (Å²) in [5.74, 6) is 0. The number of nitrogens with zero attached hydrogens (tertiary/aromatic N) is 2. The van der Waals surface area contributed by atoms with Crippen LogP contribution in [0.3, 0.4) is 0 Å². The predicted molar refractivity (Wildman–Crippen MR) is 95.0 cm³/mol. The molecule has 3 aliphatic rings. The maximum absolute atomic E-state index is 11.8. The van der Waals surface area contributed by atoms with Crippen LogP contribution in [0.25, 0.3) is 0 Å². The normalized spacial score (nSPS) is 30.2. The van der Waals surface area contributed by atoms with E-state index in [-0.39, 0.29) is 6.09 Å². The Hall–Kier alpha value is -1.47. The highest BCUT2D eigenvalue weighted by Crippen LogP contribution is 2.50. The number of hydrogen-bond acceptors (Lipinski definition) is 6. The summed E-state index contributed by atoms with van der Waals surface area (Å²) in [4.78, 5) is 16.3. The smallest absolute Gasteiger partial charge is 0.409 e. The number of carbonyl (C=O) groups is 1. The highest BCUT2D eigenvalue weighted by Gasteiger charge is 2.51. The molecular weight excluding hydrogens is 306 g/mol. The van der Waals surface area contributed by atoms with Crippen LogP contribution in [-0.4, -0.2) is 73.2 Å². The third-order valence-electron chi connectivity index (χ3n) is 5.48. The van der Waals surface area contributed by atoms with E-state index in [2.05, 4.69) is 4.90 Å². The molecule has 0 aromatic heterocycles. The number of likely N-dealkylation sites (tertiary alicyclic amines) is 2. The van der Waals surface area contributed by atoms with Crippen molar-refractivity contribution in [2.24, 2.45) is 11.1 Å². The molecule has 7 nitrogen and oxygen atoms in total. The standard InChI is InChI=1S/C15H27N3O2.C2H4N2/c1-2-20-14(19)18-8-5-15(11-18)9-13(10-15)17-6-3-12(16)4-7-17;3-1-2-4/h12-13H,2-11,16H2,1H3;1-4H. The number of ether oxygens (including phenoxy) is 1. The Morgan fingerprint density at radius 2 is 1.88 bits per heavy atom. The van der Waals surface area contributed by atoms with Gasteiger partial charge in [-0.15, -0.1) is 0 Å². The van der Waals surface area contributed by atoms with Gasteiger partial charge in [0.25, 0.3) is 0 Å². The van der Waals surface area contributed by atoms with Crippen LogP contribution in [0.15, 0.2) is 0 Å². The third kappa shape index (κ3) is 4.54. The van der Waals surface area contributed by atoms with Gasteiger partial charge in [0.05, 0.1) is 6.61 Å². The van der Waals surface area contributed by atoms with Gasteiger partial charge in [-0.3, -0.25) is 0 Å². The van der Waals surface area contributed by atoms with E-state index in [0.29, 0.717) is 18.1 Å². The number of hydrogen-bond donors (Lipinski definition) is 3. The molecule has 2 saturated heterocycles. The number of rotatable bonds is 3. The van der Waals surface area contributed by atoms with Crippen molar-refractivity contribution in [2.45, 2.75) is 51.1 Å². The molecule has 1 spiro atoms. The minimum absolute atomic E-state index is 0.128. The van der Waals surface area contributed by atoms with Crippen molar-refractivity contribution in [2.75, 3.05) is 32.8 Å². The van der Waals surface area contributed by atoms with E-state index < -0.39 is 0 Å². The molecule has 0 aromatic rings. The number of carbonyl (C=O) groups excluding carboxylic acids is 1. The molecule has 7 heteroatoms. The van der Waals surface area contributed by atoms with Crippen LogP contribution in [0.4, 0.5) is 4.79 Å². The molecule has 24 heavy (non-hydrogen) atoms. The van der Waals surface area contributed by atoms with Gasteiger partial charge in [0.1, 0.15) is 0 Å². The topological polar surface area (TPSA) is 106 Å². The van der Waals surface area contributed by atoms with E-state index in [1.165, 1.54) is 12.8 Å². The van der Waals surface area contributed by atoms with Gasteiger partial charge in [0.2, 0.25) is 0 Å². The van der Waals surface area contributed by atoms with Gasteiger partial charge >= 0.3 is 6.09 Å². The molecule has 0 unspecified atom stereocenters. The van der Waals surface area contributed by atoms with E-state index in [1.54, 1.807) is 0 Å². The van der Waals surface area contributed by atoms with Crippen LogP contribution in [-0.2, 0) is 4.74 Å². The first-order chi connectivity index (χ1) is 11.5. The first-order valence-electron chi connectivity index (χ1n) is 8.94. The fourth-order valence-corrected chi connectivity index (χ4v) is 4.12. The van der Waals surface area contributed by atoms with Crippen molar-refractivity contribution in [3.05, 3.63) is 0 Å². The maximum Gasteiger partial charge on any atom is 0.409 e. The van der Waals surface area contributed by atoms with Crippen LogP contribution >= 0.6 is 0 Å². The lowest BCUT2D eigenvalue weighted by molar-refractivity contribution is -0.00432. The number of nitrogens with two attached hydrogens (primary N) is 1. The molecule has 1 aliphatic carbocycles. The minimum Gasteiger partial charge on any atom is -0.450 e. The van der Waals surface area contributed by atoms with Crippen LogP contribution in [0.2, 0.25) is 0 Å². The summed E-state index contributed by atoms with van der Waals surface area (Å²) in [6.07, 6.45) is 7.62. The SMILES string of the molecule is CCOC(=O)N1CCC2(CC(N3CCC(N)CC3)C2)C1.N=CC=N. The highest BCUT2D eigenvalue weighted by molar-refractivity contribution is 6.12. The molecule has 3 fully saturated rings. The average Bonchev–Trinajstić information content (AvgIpc) is 3.01. The van der Waals surface area contributed by atoms with Crippen LogP contribution in [0, 0.1) is 16.2 Å². The Kier molecular flexibility index (Phi) is 6.74. The molecule has 0 radical (unpaired) electrons. The van der Waals surface area contributed by atoms with Gasteiger partial charge in [0, 0.05) is 37.6 Å². The van der Waals surface area contributed by atoms with Crippen LogP contribution < -0.4 is 5.73 Å². The molecule has 4 N–H and O–H groups in total. The fraction of sp³-hybridized carbons (Fsp3) is 0.824. The Morgan fingerprint density at radius 1 is 1.25 bits per heavy atom. The molecule has 2 aliphatic heterocycles. The van der Waals surface area contributed by atoms with Gasteiger partial charge in [-0.2, -0.15) is 0 Å². The summed E-state index contributed by atoms with van der Waals surface area (Å²) in [5, 5.41) is 12.2. The summed E-state index contributed by atoms with van der Waals surface area (Å²) >= 11 is 0. The van der Waals surface area contributed by atoms with E-state index in [4.69, 9.17) is 21.3 Å². The first-order valence-corrected chi connectivity index (χ1v) is 8.94. The summed E-state index contributed by atoms with van der Waals surface area (Å²) < 4.78 is 5.11. The highest BCUT2D eigenvalue weighted by atomic mass is 16.6. The Morgan fingerprint density at radius 3 is 2.42 bits per heavy atom. The summed E-state index contributed by atoms with van der Waals surface area (Å²) in [7, 11) is 0. The second kappa shape index (κ2) is 8.58. The van der Waals surface area contributed by atoms with Crippen molar-refractivity contribution in [3.63, 3.8) is 0 Å². The van der Waals surface area contributed by atoms with Crippen molar-refractivity contribution in [1.82, 2.24) is 9.80 Å². The van der Waals surface area contributed by atoms with Crippen LogP contribution in [0.5, 0.6) is 0 Å². The molecule has 0 atom stereocenters. The lowest BCUT2D eigenvalue weighted by Gasteiger charge is -2.51. The molecule has 2 heterocycles. The van der Waals surface area contributed by atoms with E-state index in [0.717, 1.165) is 63.9 Å². The third-order valence-corrected chi connectivity index (χ3v) is 5.48. The molecule has 0 aromatic carbocycles. The quantitative estimate of drug-likeness (QED) is 0.681. The largest absolute Gasteiger partial charge is 0.450 e. The molecule has 1 amide bonds. The van der Waals surface area contributed by atoms with Crippen molar-refractivity contribution >= 4 is 18.5 Å². The van der Waals surface area contributed by atoms with Crippen LogP contribution in [0.1, 0.15) is 39.0 Å². The van der Waals surface area contributed by atoms with Gasteiger partial charge < -0.3 is 31.1 Å². The average molecular weight is 337 g/mol. The zero-order valence-corrected chi connectivity index (χ0v) is 14.7. The Balaban J connectivity index is 0.000000471. The van der Waals surface area contributed by atoms with E-state index in [1.807, 2.05) is 11.8 Å². The van der Waals surface area contributed by atoms with Crippen molar-refractivity contribution in [1.29, 1.82) is 10.8 Å². The minimum atomic E-state index is -0.128. The summed E-state index contributed by atoms with van der Waals surface area (Å²) in [5.41, 5.74) is 6.35. The summed E-state index contributed by atoms with van der Waals surface area (Å²) in [6.45, 7) is 6.42. The second-order valence-electron chi connectivity index (χ2n) is 7.14.